The van der Waals surface area contributed by atoms with Crippen molar-refractivity contribution in [1.82, 2.24) is 10.2 Å². The molecular formula is C17H20Cl2N2O2S. The van der Waals surface area contributed by atoms with Crippen molar-refractivity contribution in [3.8, 4) is 5.75 Å². The van der Waals surface area contributed by atoms with Crippen LogP contribution in [0.3, 0.4) is 0 Å². The zero-order chi connectivity index (χ0) is 18.0. The fourth-order valence-corrected chi connectivity index (χ4v) is 3.89. The molecule has 1 aromatic carbocycles. The summed E-state index contributed by atoms with van der Waals surface area (Å²) in [5, 5.41) is 4.61. The van der Waals surface area contributed by atoms with Crippen molar-refractivity contribution in [2.75, 3.05) is 13.2 Å². The summed E-state index contributed by atoms with van der Waals surface area (Å²) in [5.41, 5.74) is 2.28. The zero-order valence-electron chi connectivity index (χ0n) is 14.1. The monoisotopic (exact) mass is 386 g/mol. The van der Waals surface area contributed by atoms with Crippen molar-refractivity contribution in [3.05, 3.63) is 39.0 Å². The molecule has 0 spiro atoms. The van der Waals surface area contributed by atoms with Gasteiger partial charge in [-0.3, -0.25) is 4.79 Å². The quantitative estimate of drug-likeness (QED) is 0.754. The Bertz CT molecular complexity index is 696. The van der Waals surface area contributed by atoms with Crippen molar-refractivity contribution in [1.29, 1.82) is 0 Å². The predicted octanol–water partition coefficient (Wildman–Crippen LogP) is 4.51. The van der Waals surface area contributed by atoms with Gasteiger partial charge < -0.3 is 15.0 Å². The SMILES string of the molecule is CCOc1c(Cl)cc(C2NC(=S)N(CC)C(C)=C2C(C)=O)cc1Cl. The Kier molecular flexibility index (Phi) is 6.12. The number of nitrogens with zero attached hydrogens (tertiary/aromatic N) is 1. The van der Waals surface area contributed by atoms with Gasteiger partial charge in [-0.2, -0.15) is 0 Å². The number of ether oxygens (including phenoxy) is 1. The van der Waals surface area contributed by atoms with Crippen LogP contribution in [0.1, 0.15) is 39.3 Å². The zero-order valence-corrected chi connectivity index (χ0v) is 16.4. The summed E-state index contributed by atoms with van der Waals surface area (Å²) in [6.07, 6.45) is 0. The Morgan fingerprint density at radius 1 is 1.33 bits per heavy atom. The average molecular weight is 387 g/mol. The Labute approximate surface area is 157 Å². The number of allylic oxidation sites excluding steroid dienone is 1. The highest BCUT2D eigenvalue weighted by atomic mass is 35.5. The van der Waals surface area contributed by atoms with E-state index in [1.54, 1.807) is 19.1 Å². The molecule has 0 aromatic heterocycles. The molecule has 130 valence electrons. The molecule has 24 heavy (non-hydrogen) atoms. The molecule has 1 aromatic rings. The number of halogens is 2. The van der Waals surface area contributed by atoms with Crippen molar-refractivity contribution in [2.24, 2.45) is 0 Å². The molecule has 0 fully saturated rings. The highest BCUT2D eigenvalue weighted by molar-refractivity contribution is 7.80. The van der Waals surface area contributed by atoms with Gasteiger partial charge in [0.2, 0.25) is 0 Å². The highest BCUT2D eigenvalue weighted by Crippen LogP contribution is 2.39. The lowest BCUT2D eigenvalue weighted by molar-refractivity contribution is -0.114. The van der Waals surface area contributed by atoms with E-state index >= 15 is 0 Å². The normalized spacial score (nSPS) is 17.8. The number of nitrogens with one attached hydrogen (secondary N) is 1. The van der Waals surface area contributed by atoms with Gasteiger partial charge in [0.15, 0.2) is 16.6 Å². The van der Waals surface area contributed by atoms with Gasteiger partial charge in [-0.15, -0.1) is 0 Å². The molecule has 7 heteroatoms. The first-order valence-electron chi connectivity index (χ1n) is 7.73. The third kappa shape index (κ3) is 3.53. The maximum absolute atomic E-state index is 12.2. The molecule has 0 saturated heterocycles. The number of hydrogen-bond donors (Lipinski definition) is 1. The van der Waals surface area contributed by atoms with Crippen molar-refractivity contribution in [3.63, 3.8) is 0 Å². The Hall–Kier alpha value is -1.30. The summed E-state index contributed by atoms with van der Waals surface area (Å²) in [7, 11) is 0. The topological polar surface area (TPSA) is 41.6 Å². The molecule has 0 saturated carbocycles. The summed E-state index contributed by atoms with van der Waals surface area (Å²) in [6, 6.07) is 3.14. The minimum Gasteiger partial charge on any atom is -0.491 e. The van der Waals surface area contributed by atoms with Gasteiger partial charge in [0.1, 0.15) is 0 Å². The summed E-state index contributed by atoms with van der Waals surface area (Å²) < 4.78 is 5.46. The van der Waals surface area contributed by atoms with E-state index in [1.165, 1.54) is 0 Å². The lowest BCUT2D eigenvalue weighted by Crippen LogP contribution is -2.47. The van der Waals surface area contributed by atoms with E-state index in [0.29, 0.717) is 39.6 Å². The van der Waals surface area contributed by atoms with Gasteiger partial charge in [0, 0.05) is 17.8 Å². The molecule has 1 aliphatic heterocycles. The Morgan fingerprint density at radius 2 is 1.92 bits per heavy atom. The van der Waals surface area contributed by atoms with Gasteiger partial charge in [-0.1, -0.05) is 23.2 Å². The molecule has 1 unspecified atom stereocenters. The predicted molar refractivity (Wildman–Crippen MR) is 102 cm³/mol. The molecule has 0 aliphatic carbocycles. The number of thiocarbonyl (C=S) groups is 1. The van der Waals surface area contributed by atoms with Crippen LogP contribution >= 0.6 is 35.4 Å². The van der Waals surface area contributed by atoms with Crippen molar-refractivity contribution >= 4 is 46.3 Å². The van der Waals surface area contributed by atoms with Gasteiger partial charge in [0.25, 0.3) is 0 Å². The number of carbonyl (C=O) groups is 1. The van der Waals surface area contributed by atoms with Gasteiger partial charge >= 0.3 is 0 Å². The number of hydrogen-bond acceptors (Lipinski definition) is 3. The lowest BCUT2D eigenvalue weighted by atomic mass is 9.92. The number of rotatable bonds is 5. The van der Waals surface area contributed by atoms with Crippen LogP contribution < -0.4 is 10.1 Å². The molecular weight excluding hydrogens is 367 g/mol. The fourth-order valence-electron chi connectivity index (χ4n) is 2.90. The van der Waals surface area contributed by atoms with Crippen LogP contribution in [0.4, 0.5) is 0 Å². The molecule has 1 N–H and O–H groups in total. The van der Waals surface area contributed by atoms with Gasteiger partial charge in [-0.05, 0) is 57.6 Å². The van der Waals surface area contributed by atoms with Gasteiger partial charge in [-0.25, -0.2) is 0 Å². The van der Waals surface area contributed by atoms with Crippen LogP contribution in [0.2, 0.25) is 10.0 Å². The second-order valence-corrected chi connectivity index (χ2v) is 6.63. The van der Waals surface area contributed by atoms with E-state index in [-0.39, 0.29) is 11.8 Å². The summed E-state index contributed by atoms with van der Waals surface area (Å²) >= 11 is 18.0. The third-order valence-electron chi connectivity index (χ3n) is 3.93. The minimum atomic E-state index is -0.386. The maximum Gasteiger partial charge on any atom is 0.173 e. The van der Waals surface area contributed by atoms with Crippen LogP contribution in [-0.2, 0) is 4.79 Å². The summed E-state index contributed by atoms with van der Waals surface area (Å²) in [4.78, 5) is 14.1. The Balaban J connectivity index is 2.56. The molecule has 2 rings (SSSR count). The summed E-state index contributed by atoms with van der Waals surface area (Å²) in [5.74, 6) is 0.426. The van der Waals surface area contributed by atoms with Crippen molar-refractivity contribution in [2.45, 2.75) is 33.7 Å². The van der Waals surface area contributed by atoms with E-state index in [4.69, 9.17) is 40.2 Å². The smallest absolute Gasteiger partial charge is 0.173 e. The average Bonchev–Trinajstić information content (AvgIpc) is 2.50. The van der Waals surface area contributed by atoms with E-state index in [0.717, 1.165) is 11.3 Å². The van der Waals surface area contributed by atoms with Crippen LogP contribution in [0, 0.1) is 0 Å². The van der Waals surface area contributed by atoms with Crippen LogP contribution in [0.25, 0.3) is 0 Å². The number of ketones is 1. The number of carbonyl (C=O) groups excluding carboxylic acids is 1. The van der Waals surface area contributed by atoms with E-state index in [2.05, 4.69) is 5.32 Å². The standard InChI is InChI=1S/C17H20Cl2N2O2S/c1-5-21-9(3)14(10(4)22)15(20-17(21)24)11-7-12(18)16(23-6-2)13(19)8-11/h7-8,15H,5-6H2,1-4H3,(H,20,24). The van der Waals surface area contributed by atoms with Crippen LogP contribution in [0.5, 0.6) is 5.75 Å². The molecule has 0 radical (unpaired) electrons. The van der Waals surface area contributed by atoms with Crippen molar-refractivity contribution < 1.29 is 9.53 Å². The molecule has 1 atom stereocenters. The highest BCUT2D eigenvalue weighted by Gasteiger charge is 2.32. The molecule has 1 heterocycles. The molecule has 0 bridgehead atoms. The first kappa shape index (κ1) is 19.0. The summed E-state index contributed by atoms with van der Waals surface area (Å²) in [6.45, 7) is 8.45. The number of benzene rings is 1. The minimum absolute atomic E-state index is 0.0212. The second kappa shape index (κ2) is 7.72. The van der Waals surface area contributed by atoms with E-state index in [1.807, 2.05) is 25.7 Å². The lowest BCUT2D eigenvalue weighted by Gasteiger charge is -2.37. The number of Topliss-reactive ketones (excluding diaryl/α,β-unsaturated/α-hetero) is 1. The fraction of sp³-hybridized carbons (Fsp3) is 0.412. The van der Waals surface area contributed by atoms with E-state index < -0.39 is 0 Å². The molecule has 1 aliphatic rings. The first-order valence-corrected chi connectivity index (χ1v) is 8.89. The van der Waals surface area contributed by atoms with E-state index in [9.17, 15) is 4.79 Å². The van der Waals surface area contributed by atoms with Gasteiger partial charge in [0.05, 0.1) is 22.7 Å². The first-order chi connectivity index (χ1) is 11.3. The molecule has 0 amide bonds. The van der Waals surface area contributed by atoms with Crippen LogP contribution in [-0.4, -0.2) is 28.9 Å². The van der Waals surface area contributed by atoms with Crippen LogP contribution in [0.15, 0.2) is 23.4 Å². The third-order valence-corrected chi connectivity index (χ3v) is 4.83. The molecule has 4 nitrogen and oxygen atoms in total. The maximum atomic E-state index is 12.2. The largest absolute Gasteiger partial charge is 0.491 e. The second-order valence-electron chi connectivity index (χ2n) is 5.43. The Morgan fingerprint density at radius 3 is 2.38 bits per heavy atom.